The molecule has 0 fully saturated rings. The molecule has 0 saturated carbocycles. The second-order valence-corrected chi connectivity index (χ2v) is 6.52. The Labute approximate surface area is 150 Å². The van der Waals surface area contributed by atoms with Crippen LogP contribution in [-0.4, -0.2) is 33.0 Å². The number of fused-ring (bicyclic) bond motifs is 2. The van der Waals surface area contributed by atoms with Gasteiger partial charge in [0.25, 0.3) is 0 Å². The van der Waals surface area contributed by atoms with Crippen molar-refractivity contribution in [3.63, 3.8) is 0 Å². The first-order valence-corrected chi connectivity index (χ1v) is 8.51. The topological polar surface area (TPSA) is 80.0 Å². The molecule has 26 heavy (non-hydrogen) atoms. The molecule has 2 heterocycles. The normalized spacial score (nSPS) is 11.4. The fourth-order valence-corrected chi connectivity index (χ4v) is 3.55. The molecule has 130 valence electrons. The number of H-pyrrole nitrogens is 1. The van der Waals surface area contributed by atoms with Crippen LogP contribution in [0.5, 0.6) is 0 Å². The van der Waals surface area contributed by atoms with Gasteiger partial charge in [-0.3, -0.25) is 13.9 Å². The van der Waals surface area contributed by atoms with E-state index in [1.807, 2.05) is 44.4 Å². The van der Waals surface area contributed by atoms with Crippen LogP contribution in [0.4, 0.5) is 0 Å². The van der Waals surface area contributed by atoms with Gasteiger partial charge < -0.3 is 10.1 Å². The fourth-order valence-electron chi connectivity index (χ4n) is 3.55. The minimum atomic E-state index is -0.915. The Morgan fingerprint density at radius 3 is 2.58 bits per heavy atom. The molecule has 0 unspecified atom stereocenters. The Hall–Kier alpha value is -3.22. The van der Waals surface area contributed by atoms with E-state index in [1.165, 1.54) is 0 Å². The predicted molar refractivity (Wildman–Crippen MR) is 104 cm³/mol. The summed E-state index contributed by atoms with van der Waals surface area (Å²) in [5, 5.41) is 10.1. The summed E-state index contributed by atoms with van der Waals surface area (Å²) in [4.78, 5) is 27.2. The number of rotatable bonds is 5. The second kappa shape index (κ2) is 6.26. The molecule has 2 aromatic heterocycles. The van der Waals surface area contributed by atoms with Crippen LogP contribution in [0.1, 0.15) is 12.0 Å². The molecule has 0 amide bonds. The Bertz CT molecular complexity index is 1190. The van der Waals surface area contributed by atoms with Gasteiger partial charge in [0.1, 0.15) is 7.85 Å². The van der Waals surface area contributed by atoms with Crippen molar-refractivity contribution in [2.45, 2.75) is 19.5 Å². The average molecular weight is 347 g/mol. The maximum absolute atomic E-state index is 13.0. The number of nitrogens with one attached hydrogen (secondary N) is 1. The van der Waals surface area contributed by atoms with Crippen LogP contribution in [0.2, 0.25) is 0 Å². The first-order valence-electron chi connectivity index (χ1n) is 8.51. The van der Waals surface area contributed by atoms with Crippen LogP contribution in [0.15, 0.2) is 53.5 Å². The first-order chi connectivity index (χ1) is 12.5. The Balaban J connectivity index is 1.86. The highest BCUT2D eigenvalue weighted by molar-refractivity contribution is 6.33. The van der Waals surface area contributed by atoms with E-state index in [4.69, 9.17) is 5.11 Å². The molecule has 7 heteroatoms. The number of benzene rings is 2. The molecule has 0 aliphatic heterocycles. The lowest BCUT2D eigenvalue weighted by Crippen LogP contribution is -2.26. The lowest BCUT2D eigenvalue weighted by atomic mass is 9.92. The van der Waals surface area contributed by atoms with Crippen molar-refractivity contribution in [1.82, 2.24) is 14.1 Å². The zero-order valence-corrected chi connectivity index (χ0v) is 14.4. The molecule has 2 N–H and O–H groups in total. The first kappa shape index (κ1) is 16.3. The van der Waals surface area contributed by atoms with E-state index in [1.54, 1.807) is 9.13 Å². The highest BCUT2D eigenvalue weighted by atomic mass is 16.4. The number of aliphatic carboxylic acids is 1. The van der Waals surface area contributed by atoms with Gasteiger partial charge in [-0.05, 0) is 29.8 Å². The molecule has 2 aromatic carbocycles. The Morgan fingerprint density at radius 1 is 1.12 bits per heavy atom. The minimum Gasteiger partial charge on any atom is -0.481 e. The van der Waals surface area contributed by atoms with Gasteiger partial charge in [-0.2, -0.15) is 0 Å². The van der Waals surface area contributed by atoms with E-state index < -0.39 is 5.97 Å². The van der Waals surface area contributed by atoms with Crippen molar-refractivity contribution >= 4 is 41.2 Å². The maximum Gasteiger partial charge on any atom is 0.329 e. The highest BCUT2D eigenvalue weighted by Crippen LogP contribution is 2.20. The molecule has 0 aliphatic rings. The number of imidazole rings is 1. The maximum atomic E-state index is 13.0. The highest BCUT2D eigenvalue weighted by Gasteiger charge is 2.15. The van der Waals surface area contributed by atoms with Gasteiger partial charge in [0.2, 0.25) is 0 Å². The lowest BCUT2D eigenvalue weighted by Gasteiger charge is -2.07. The van der Waals surface area contributed by atoms with E-state index in [0.717, 1.165) is 33.0 Å². The number of carboxylic acids is 1. The quantitative estimate of drug-likeness (QED) is 0.530. The number of aryl methyl sites for hydroxylation is 1. The Morgan fingerprint density at radius 2 is 1.85 bits per heavy atom. The molecular weight excluding hydrogens is 329 g/mol. The minimum absolute atomic E-state index is 0.0829. The van der Waals surface area contributed by atoms with Crippen LogP contribution >= 0.6 is 0 Å². The summed E-state index contributed by atoms with van der Waals surface area (Å²) in [7, 11) is 2.03. The van der Waals surface area contributed by atoms with Crippen molar-refractivity contribution in [1.29, 1.82) is 0 Å². The van der Waals surface area contributed by atoms with Gasteiger partial charge in [-0.25, -0.2) is 4.79 Å². The van der Waals surface area contributed by atoms with E-state index >= 15 is 0 Å². The van der Waals surface area contributed by atoms with E-state index in [9.17, 15) is 9.59 Å². The molecular formula is C19H18BN3O3. The molecule has 0 atom stereocenters. The summed E-state index contributed by atoms with van der Waals surface area (Å²) in [5.41, 5.74) is 4.62. The summed E-state index contributed by atoms with van der Waals surface area (Å²) < 4.78 is 3.27. The van der Waals surface area contributed by atoms with Gasteiger partial charge in [-0.1, -0.05) is 23.7 Å². The number of nitrogens with zero attached hydrogens (tertiary/aromatic N) is 2. The third-order valence-electron chi connectivity index (χ3n) is 4.70. The summed E-state index contributed by atoms with van der Waals surface area (Å²) in [6.07, 6.45) is 1.81. The van der Waals surface area contributed by atoms with Crippen LogP contribution < -0.4 is 11.2 Å². The van der Waals surface area contributed by atoms with Crippen molar-refractivity contribution in [2.24, 2.45) is 0 Å². The third kappa shape index (κ3) is 2.71. The van der Waals surface area contributed by atoms with Crippen molar-refractivity contribution in [2.75, 3.05) is 0 Å². The van der Waals surface area contributed by atoms with Crippen LogP contribution in [0.25, 0.3) is 21.9 Å². The smallest absolute Gasteiger partial charge is 0.329 e. The predicted octanol–water partition coefficient (Wildman–Crippen LogP) is 1.07. The van der Waals surface area contributed by atoms with Crippen molar-refractivity contribution in [3.8, 4) is 0 Å². The summed E-state index contributed by atoms with van der Waals surface area (Å²) >= 11 is 0. The van der Waals surface area contributed by atoms with Crippen molar-refractivity contribution < 1.29 is 9.90 Å². The van der Waals surface area contributed by atoms with E-state index in [2.05, 4.69) is 17.1 Å². The molecule has 0 radical (unpaired) electrons. The number of para-hydroxylation sites is 2. The van der Waals surface area contributed by atoms with Gasteiger partial charge >= 0.3 is 11.7 Å². The molecule has 0 saturated heterocycles. The number of hydrogen-bond donors (Lipinski definition) is 2. The average Bonchev–Trinajstić information content (AvgIpc) is 3.17. The van der Waals surface area contributed by atoms with E-state index in [-0.39, 0.29) is 18.7 Å². The molecule has 0 spiro atoms. The van der Waals surface area contributed by atoms with Crippen LogP contribution in [-0.2, 0) is 17.9 Å². The molecule has 0 aliphatic carbocycles. The SMILES string of the molecule is Bc1cc(Cn2c(=O)n(CCC(=O)O)c3ccccc32)c2cc[nH]c2c1. The largest absolute Gasteiger partial charge is 0.481 e. The van der Waals surface area contributed by atoms with Gasteiger partial charge in [0, 0.05) is 23.6 Å². The standard InChI is InChI=1S/C19H18BN3O3/c20-13-9-12(14-5-7-21-15(14)10-13)11-23-17-4-2-1-3-16(17)22(19(23)26)8-6-18(24)25/h1-5,7,9-10,21H,6,8,11,20H2,(H,24,25). The number of carboxylic acid groups (broad SMARTS) is 1. The second-order valence-electron chi connectivity index (χ2n) is 6.52. The lowest BCUT2D eigenvalue weighted by molar-refractivity contribution is -0.137. The summed E-state index contributed by atoms with van der Waals surface area (Å²) in [6, 6.07) is 13.7. The van der Waals surface area contributed by atoms with Gasteiger partial charge in [-0.15, -0.1) is 0 Å². The van der Waals surface area contributed by atoms with Gasteiger partial charge in [0.15, 0.2) is 0 Å². The van der Waals surface area contributed by atoms with Crippen molar-refractivity contribution in [3.05, 3.63) is 64.7 Å². The molecule has 0 bridgehead atoms. The fraction of sp³-hybridized carbons (Fsp3) is 0.158. The number of aromatic nitrogens is 3. The molecule has 4 aromatic rings. The molecule has 4 rings (SSSR count). The number of carbonyl (C=O) groups is 1. The van der Waals surface area contributed by atoms with Crippen LogP contribution in [0, 0.1) is 0 Å². The number of hydrogen-bond acceptors (Lipinski definition) is 2. The number of aromatic amines is 1. The Kier molecular flexibility index (Phi) is 3.91. The molecule has 6 nitrogen and oxygen atoms in total. The summed E-state index contributed by atoms with van der Waals surface area (Å²) in [5.74, 6) is -0.915. The third-order valence-corrected chi connectivity index (χ3v) is 4.70. The zero-order valence-electron chi connectivity index (χ0n) is 14.4. The monoisotopic (exact) mass is 347 g/mol. The van der Waals surface area contributed by atoms with E-state index in [0.29, 0.717) is 6.54 Å². The van der Waals surface area contributed by atoms with Crippen LogP contribution in [0.3, 0.4) is 0 Å². The van der Waals surface area contributed by atoms with Gasteiger partial charge in [0.05, 0.1) is 24.0 Å². The summed E-state index contributed by atoms with van der Waals surface area (Å²) in [6.45, 7) is 0.602. The zero-order chi connectivity index (χ0) is 18.3.